The Labute approximate surface area is 189 Å². The molecule has 5 aromatic rings. The third-order valence-electron chi connectivity index (χ3n) is 5.24. The van der Waals surface area contributed by atoms with E-state index >= 15 is 0 Å². The summed E-state index contributed by atoms with van der Waals surface area (Å²) in [6.07, 6.45) is 0. The van der Waals surface area contributed by atoms with Crippen LogP contribution in [0.1, 0.15) is 17.0 Å². The average Bonchev–Trinajstić information content (AvgIpc) is 3.28. The van der Waals surface area contributed by atoms with Crippen LogP contribution in [0.5, 0.6) is 11.5 Å². The van der Waals surface area contributed by atoms with Gasteiger partial charge in [0.25, 0.3) is 5.56 Å². The molecule has 3 aromatic carbocycles. The summed E-state index contributed by atoms with van der Waals surface area (Å²) in [4.78, 5) is 17.1. The molecule has 0 unspecified atom stereocenters. The second-order valence-corrected chi connectivity index (χ2v) is 7.53. The summed E-state index contributed by atoms with van der Waals surface area (Å²) in [5.74, 6) is 2.10. The van der Waals surface area contributed by atoms with Gasteiger partial charge < -0.3 is 13.8 Å². The normalized spacial score (nSPS) is 10.8. The summed E-state index contributed by atoms with van der Waals surface area (Å²) in [5, 5.41) is 14.0. The van der Waals surface area contributed by atoms with Gasteiger partial charge in [-0.3, -0.25) is 4.79 Å². The molecule has 2 heterocycles. The van der Waals surface area contributed by atoms with Crippen molar-refractivity contribution in [2.75, 3.05) is 0 Å². The van der Waals surface area contributed by atoms with Crippen molar-refractivity contribution in [1.82, 2.24) is 14.7 Å². The monoisotopic (exact) mass is 434 g/mol. The number of para-hydroxylation sites is 1. The second kappa shape index (κ2) is 8.44. The largest absolute Gasteiger partial charge is 0.455 e. The molecule has 0 aliphatic carbocycles. The van der Waals surface area contributed by atoms with E-state index in [1.165, 1.54) is 0 Å². The molecule has 160 valence electrons. The first kappa shape index (κ1) is 20.2. The molecule has 0 atom stereocenters. The lowest BCUT2D eigenvalue weighted by atomic mass is 10.1. The Kier molecular flexibility index (Phi) is 5.17. The zero-order valence-corrected chi connectivity index (χ0v) is 17.7. The number of benzene rings is 3. The standard InChI is InChI=1S/C26H18N4O3/c1-17-28-26(29-33-17)21-10-8-18(9-11-21)16-30-24(31)13-12-20-5-3-7-23(25(20)30)32-22-6-2-4-19(14-22)15-27/h2-14H,16H2,1H3. The van der Waals surface area contributed by atoms with Gasteiger partial charge >= 0.3 is 0 Å². The van der Waals surface area contributed by atoms with Gasteiger partial charge in [-0.25, -0.2) is 0 Å². The van der Waals surface area contributed by atoms with Crippen molar-refractivity contribution >= 4 is 10.9 Å². The quantitative estimate of drug-likeness (QED) is 0.383. The van der Waals surface area contributed by atoms with E-state index in [1.807, 2.05) is 42.5 Å². The van der Waals surface area contributed by atoms with Crippen molar-refractivity contribution in [3.8, 4) is 29.0 Å². The van der Waals surface area contributed by atoms with Crippen molar-refractivity contribution in [3.63, 3.8) is 0 Å². The number of fused-ring (bicyclic) bond motifs is 1. The fourth-order valence-corrected chi connectivity index (χ4v) is 3.68. The molecule has 0 radical (unpaired) electrons. The average molecular weight is 434 g/mol. The molecule has 0 N–H and O–H groups in total. The highest BCUT2D eigenvalue weighted by Gasteiger charge is 2.12. The van der Waals surface area contributed by atoms with Gasteiger partial charge in [-0.05, 0) is 35.9 Å². The molecule has 0 bridgehead atoms. The zero-order chi connectivity index (χ0) is 22.8. The number of rotatable bonds is 5. The fourth-order valence-electron chi connectivity index (χ4n) is 3.68. The summed E-state index contributed by atoms with van der Waals surface area (Å²) in [6.45, 7) is 2.11. The van der Waals surface area contributed by atoms with Gasteiger partial charge in [0.1, 0.15) is 5.75 Å². The van der Waals surface area contributed by atoms with Crippen LogP contribution in [0, 0.1) is 18.3 Å². The Morgan fingerprint density at radius 1 is 1.03 bits per heavy atom. The van der Waals surface area contributed by atoms with Crippen molar-refractivity contribution in [3.05, 3.63) is 106 Å². The van der Waals surface area contributed by atoms with Crippen molar-refractivity contribution < 1.29 is 9.26 Å². The van der Waals surface area contributed by atoms with E-state index in [0.717, 1.165) is 16.5 Å². The predicted molar refractivity (Wildman–Crippen MR) is 123 cm³/mol. The summed E-state index contributed by atoms with van der Waals surface area (Å²) < 4.78 is 12.8. The first-order chi connectivity index (χ1) is 16.1. The van der Waals surface area contributed by atoms with Crippen LogP contribution in [0.15, 0.2) is 88.2 Å². The molecule has 0 saturated carbocycles. The third kappa shape index (κ3) is 4.10. The highest BCUT2D eigenvalue weighted by molar-refractivity contribution is 5.85. The molecule has 33 heavy (non-hydrogen) atoms. The van der Waals surface area contributed by atoms with Crippen molar-refractivity contribution in [2.45, 2.75) is 13.5 Å². The van der Waals surface area contributed by atoms with E-state index in [-0.39, 0.29) is 5.56 Å². The predicted octanol–water partition coefficient (Wildman–Crippen LogP) is 5.07. The lowest BCUT2D eigenvalue weighted by Gasteiger charge is -2.15. The van der Waals surface area contributed by atoms with Crippen LogP contribution in [0.25, 0.3) is 22.3 Å². The smallest absolute Gasteiger partial charge is 0.251 e. The number of hydrogen-bond donors (Lipinski definition) is 0. The van der Waals surface area contributed by atoms with E-state index in [0.29, 0.717) is 40.8 Å². The summed E-state index contributed by atoms with van der Waals surface area (Å²) >= 11 is 0. The molecule has 0 aliphatic rings. The van der Waals surface area contributed by atoms with Crippen molar-refractivity contribution in [1.29, 1.82) is 5.26 Å². The number of hydrogen-bond acceptors (Lipinski definition) is 6. The number of aryl methyl sites for hydroxylation is 1. The van der Waals surface area contributed by atoms with Crippen molar-refractivity contribution in [2.24, 2.45) is 0 Å². The van der Waals surface area contributed by atoms with E-state index in [1.54, 1.807) is 47.9 Å². The minimum absolute atomic E-state index is 0.137. The van der Waals surface area contributed by atoms with Gasteiger partial charge in [-0.1, -0.05) is 47.6 Å². The Morgan fingerprint density at radius 3 is 2.61 bits per heavy atom. The molecule has 0 fully saturated rings. The van der Waals surface area contributed by atoms with Crippen LogP contribution in [-0.4, -0.2) is 14.7 Å². The van der Waals surface area contributed by atoms with Crippen LogP contribution in [0.3, 0.4) is 0 Å². The Balaban J connectivity index is 1.53. The van der Waals surface area contributed by atoms with E-state index in [9.17, 15) is 10.1 Å². The first-order valence-corrected chi connectivity index (χ1v) is 10.3. The van der Waals surface area contributed by atoms with Crippen LogP contribution in [0.2, 0.25) is 0 Å². The fraction of sp³-hybridized carbons (Fsp3) is 0.0769. The Hall–Kier alpha value is -4.70. The molecule has 2 aromatic heterocycles. The van der Waals surface area contributed by atoms with Gasteiger partial charge in [0.05, 0.1) is 23.7 Å². The molecular weight excluding hydrogens is 416 g/mol. The molecule has 0 spiro atoms. The molecular formula is C26H18N4O3. The lowest BCUT2D eigenvalue weighted by molar-refractivity contribution is 0.394. The van der Waals surface area contributed by atoms with E-state index in [2.05, 4.69) is 16.2 Å². The summed E-state index contributed by atoms with van der Waals surface area (Å²) in [6, 6.07) is 25.7. The highest BCUT2D eigenvalue weighted by Crippen LogP contribution is 2.30. The first-order valence-electron chi connectivity index (χ1n) is 10.3. The lowest BCUT2D eigenvalue weighted by Crippen LogP contribution is -2.20. The van der Waals surface area contributed by atoms with Gasteiger partial charge in [-0.2, -0.15) is 10.2 Å². The number of aromatic nitrogens is 3. The van der Waals surface area contributed by atoms with Crippen LogP contribution >= 0.6 is 0 Å². The number of ether oxygens (including phenoxy) is 1. The summed E-state index contributed by atoms with van der Waals surface area (Å²) in [5.41, 5.74) is 2.83. The minimum atomic E-state index is -0.137. The Morgan fingerprint density at radius 2 is 1.85 bits per heavy atom. The number of nitriles is 1. The molecule has 0 amide bonds. The topological polar surface area (TPSA) is 93.9 Å². The molecule has 7 heteroatoms. The van der Waals surface area contributed by atoms with Crippen LogP contribution in [-0.2, 0) is 6.54 Å². The van der Waals surface area contributed by atoms with Gasteiger partial charge in [-0.15, -0.1) is 0 Å². The zero-order valence-electron chi connectivity index (χ0n) is 17.7. The summed E-state index contributed by atoms with van der Waals surface area (Å²) in [7, 11) is 0. The molecule has 0 saturated heterocycles. The SMILES string of the molecule is Cc1nc(-c2ccc(Cn3c(=O)ccc4cccc(Oc5cccc(C#N)c5)c43)cc2)no1. The Bertz CT molecular complexity index is 1560. The minimum Gasteiger partial charge on any atom is -0.455 e. The maximum absolute atomic E-state index is 12.9. The van der Waals surface area contributed by atoms with Gasteiger partial charge in [0.15, 0.2) is 5.75 Å². The van der Waals surface area contributed by atoms with E-state index < -0.39 is 0 Å². The second-order valence-electron chi connectivity index (χ2n) is 7.53. The molecule has 5 rings (SSSR count). The molecule has 0 aliphatic heterocycles. The van der Waals surface area contributed by atoms with Crippen LogP contribution in [0.4, 0.5) is 0 Å². The van der Waals surface area contributed by atoms with Crippen LogP contribution < -0.4 is 10.3 Å². The third-order valence-corrected chi connectivity index (χ3v) is 5.24. The number of nitrogens with zero attached hydrogens (tertiary/aromatic N) is 4. The highest BCUT2D eigenvalue weighted by atomic mass is 16.5. The number of pyridine rings is 1. The maximum Gasteiger partial charge on any atom is 0.251 e. The van der Waals surface area contributed by atoms with Gasteiger partial charge in [0, 0.05) is 23.9 Å². The van der Waals surface area contributed by atoms with E-state index in [4.69, 9.17) is 9.26 Å². The molecule has 7 nitrogen and oxygen atoms in total. The van der Waals surface area contributed by atoms with Gasteiger partial charge in [0.2, 0.25) is 11.7 Å². The maximum atomic E-state index is 12.9.